The van der Waals surface area contributed by atoms with Crippen molar-refractivity contribution in [2.75, 3.05) is 13.2 Å². The van der Waals surface area contributed by atoms with Crippen LogP contribution in [0.4, 0.5) is 0 Å². The first-order valence-corrected chi connectivity index (χ1v) is 11.2. The van der Waals surface area contributed by atoms with Crippen LogP contribution in [0.5, 0.6) is 0 Å². The molecule has 16 nitrogen and oxygen atoms in total. The average Bonchev–Trinajstić information content (AvgIpc) is 2.85. The molecule has 0 bridgehead atoms. The molecule has 2 aliphatic heterocycles. The van der Waals surface area contributed by atoms with Gasteiger partial charge in [0.1, 0.15) is 73.4 Å². The van der Waals surface area contributed by atoms with Gasteiger partial charge in [-0.3, -0.25) is 4.79 Å². The smallest absolute Gasteiger partial charge is 0.217 e. The zero-order chi connectivity index (χ0) is 27.3. The summed E-state index contributed by atoms with van der Waals surface area (Å²) in [7, 11) is 0. The Morgan fingerprint density at radius 1 is 0.889 bits per heavy atom. The summed E-state index contributed by atoms with van der Waals surface area (Å²) in [6, 6.07) is -1.63. The first-order chi connectivity index (χ1) is 16.9. The van der Waals surface area contributed by atoms with Crippen molar-refractivity contribution in [3.63, 3.8) is 0 Å². The fourth-order valence-electron chi connectivity index (χ4n) is 3.90. The van der Waals surface area contributed by atoms with Gasteiger partial charge in [0, 0.05) is 6.92 Å². The molecule has 36 heavy (non-hydrogen) atoms. The molecule has 14 atom stereocenters. The number of nitrogens with one attached hydrogen (secondary N) is 1. The van der Waals surface area contributed by atoms with Crippen LogP contribution in [0.2, 0.25) is 0 Å². The Bertz CT molecular complexity index is 713. The number of aliphatic hydroxyl groups is 9. The summed E-state index contributed by atoms with van der Waals surface area (Å²) in [5, 5.41) is 92.4. The maximum absolute atomic E-state index is 11.9. The van der Waals surface area contributed by atoms with Crippen LogP contribution in [-0.4, -0.2) is 157 Å². The number of amides is 1. The number of aliphatic hydroxyl groups excluding tert-OH is 9. The van der Waals surface area contributed by atoms with Crippen LogP contribution < -0.4 is 5.32 Å². The Kier molecular flexibility index (Phi) is 11.5. The van der Waals surface area contributed by atoms with Crippen LogP contribution in [0.15, 0.2) is 0 Å². The fourth-order valence-corrected chi connectivity index (χ4v) is 3.90. The molecular formula is C20H35NO15. The van der Waals surface area contributed by atoms with Crippen molar-refractivity contribution >= 4 is 12.2 Å². The summed E-state index contributed by atoms with van der Waals surface area (Å²) < 4.78 is 21.8. The van der Waals surface area contributed by atoms with Crippen molar-refractivity contribution in [2.45, 2.75) is 99.6 Å². The van der Waals surface area contributed by atoms with Gasteiger partial charge in [0.25, 0.3) is 0 Å². The first kappa shape index (κ1) is 30.8. The van der Waals surface area contributed by atoms with Crippen molar-refractivity contribution in [1.29, 1.82) is 0 Å². The highest BCUT2D eigenvalue weighted by molar-refractivity contribution is 5.77. The van der Waals surface area contributed by atoms with Crippen LogP contribution in [0.25, 0.3) is 0 Å². The van der Waals surface area contributed by atoms with E-state index in [0.717, 1.165) is 6.92 Å². The molecule has 210 valence electrons. The largest absolute Gasteiger partial charge is 0.394 e. The van der Waals surface area contributed by atoms with E-state index in [-0.39, 0.29) is 6.29 Å². The van der Waals surface area contributed by atoms with Crippen molar-refractivity contribution in [3.05, 3.63) is 0 Å². The molecule has 0 aliphatic carbocycles. The van der Waals surface area contributed by atoms with Gasteiger partial charge >= 0.3 is 0 Å². The maximum Gasteiger partial charge on any atom is 0.217 e. The minimum atomic E-state index is -1.94. The van der Waals surface area contributed by atoms with Crippen molar-refractivity contribution in [1.82, 2.24) is 5.32 Å². The second-order valence-corrected chi connectivity index (χ2v) is 8.69. The molecule has 10 N–H and O–H groups in total. The van der Waals surface area contributed by atoms with Gasteiger partial charge in [0.2, 0.25) is 5.91 Å². The van der Waals surface area contributed by atoms with E-state index in [1.54, 1.807) is 0 Å². The summed E-state index contributed by atoms with van der Waals surface area (Å²) in [4.78, 5) is 23.6. The summed E-state index contributed by atoms with van der Waals surface area (Å²) in [5.41, 5.74) is 0. The highest BCUT2D eigenvalue weighted by Crippen LogP contribution is 2.28. The summed E-state index contributed by atoms with van der Waals surface area (Å²) >= 11 is 0. The minimum Gasteiger partial charge on any atom is -0.394 e. The van der Waals surface area contributed by atoms with Gasteiger partial charge in [-0.2, -0.15) is 0 Å². The highest BCUT2D eigenvalue weighted by Gasteiger charge is 2.50. The Morgan fingerprint density at radius 3 is 1.92 bits per heavy atom. The van der Waals surface area contributed by atoms with Crippen molar-refractivity contribution in [3.8, 4) is 0 Å². The molecule has 0 aromatic heterocycles. The topological polar surface area (TPSA) is 265 Å². The maximum atomic E-state index is 11.9. The standard InChI is InChI=1S/C20H35NO15/c1-6-11(27)13(29)15(31)19(33-6)35-17(8(3-22)21-7(2)25)18(9(26)4-23)36-20-16(32)14(30)12(28)10(5-24)34-20/h3,6,8-20,23-24,26-32H,4-5H2,1-2H3,(H,21,25). The normalized spacial score (nSPS) is 40.6. The van der Waals surface area contributed by atoms with Gasteiger partial charge in [0.05, 0.1) is 19.3 Å². The van der Waals surface area contributed by atoms with Crippen molar-refractivity contribution < 1.29 is 74.5 Å². The van der Waals surface area contributed by atoms with Crippen LogP contribution in [-0.2, 0) is 28.5 Å². The fraction of sp³-hybridized carbons (Fsp3) is 0.900. The third-order valence-corrected chi connectivity index (χ3v) is 6.00. The molecule has 0 saturated carbocycles. The third-order valence-electron chi connectivity index (χ3n) is 6.00. The number of ether oxygens (including phenoxy) is 4. The molecule has 0 aromatic carbocycles. The number of carbonyl (C=O) groups excluding carboxylic acids is 2. The van der Waals surface area contributed by atoms with E-state index in [2.05, 4.69) is 5.32 Å². The Balaban J connectivity index is 2.42. The molecule has 2 rings (SSSR count). The van der Waals surface area contributed by atoms with Gasteiger partial charge in [0.15, 0.2) is 12.6 Å². The summed E-state index contributed by atoms with van der Waals surface area (Å²) in [5.74, 6) is -0.736. The zero-order valence-corrected chi connectivity index (χ0v) is 19.5. The monoisotopic (exact) mass is 529 g/mol. The van der Waals surface area contributed by atoms with Crippen LogP contribution in [0.1, 0.15) is 13.8 Å². The van der Waals surface area contributed by atoms with E-state index in [9.17, 15) is 55.5 Å². The molecule has 2 fully saturated rings. The highest BCUT2D eigenvalue weighted by atomic mass is 16.7. The van der Waals surface area contributed by atoms with E-state index >= 15 is 0 Å². The number of aldehydes is 1. The third kappa shape index (κ3) is 6.93. The van der Waals surface area contributed by atoms with Gasteiger partial charge in [-0.15, -0.1) is 0 Å². The number of hydrogen-bond acceptors (Lipinski definition) is 15. The SMILES string of the molecule is CC(=O)NC(C=O)C(OC1OC(C)C(O)C(O)C1O)C(OC1OC(CO)C(O)C(O)C1O)C(O)CO. The number of carbonyl (C=O) groups is 2. The van der Waals surface area contributed by atoms with E-state index < -0.39 is 105 Å². The molecule has 0 aromatic rings. The lowest BCUT2D eigenvalue weighted by atomic mass is 9.97. The number of rotatable bonds is 11. The lowest BCUT2D eigenvalue weighted by molar-refractivity contribution is -0.346. The number of hydrogen-bond donors (Lipinski definition) is 10. The Morgan fingerprint density at radius 2 is 1.42 bits per heavy atom. The second-order valence-electron chi connectivity index (χ2n) is 8.69. The molecule has 1 amide bonds. The molecule has 2 saturated heterocycles. The second kappa shape index (κ2) is 13.4. The van der Waals surface area contributed by atoms with Gasteiger partial charge in [-0.1, -0.05) is 0 Å². The quantitative estimate of drug-likeness (QED) is 0.111. The molecular weight excluding hydrogens is 494 g/mol. The first-order valence-electron chi connectivity index (χ1n) is 11.2. The van der Waals surface area contributed by atoms with E-state index in [0.29, 0.717) is 0 Å². The Hall–Kier alpha value is -1.38. The molecule has 16 heteroatoms. The molecule has 2 heterocycles. The average molecular weight is 529 g/mol. The minimum absolute atomic E-state index is 0.184. The van der Waals surface area contributed by atoms with Gasteiger partial charge in [-0.05, 0) is 6.92 Å². The van der Waals surface area contributed by atoms with Crippen LogP contribution >= 0.6 is 0 Å². The molecule has 2 aliphatic rings. The van der Waals surface area contributed by atoms with Crippen molar-refractivity contribution in [2.24, 2.45) is 0 Å². The van der Waals surface area contributed by atoms with Gasteiger partial charge < -0.3 is 75.0 Å². The predicted molar refractivity (Wildman–Crippen MR) is 113 cm³/mol. The van der Waals surface area contributed by atoms with E-state index in [4.69, 9.17) is 18.9 Å². The van der Waals surface area contributed by atoms with E-state index in [1.165, 1.54) is 6.92 Å². The molecule has 0 radical (unpaired) electrons. The zero-order valence-electron chi connectivity index (χ0n) is 19.5. The van der Waals surface area contributed by atoms with E-state index in [1.807, 2.05) is 0 Å². The summed E-state index contributed by atoms with van der Waals surface area (Å²) in [6.45, 7) is 0.582. The van der Waals surface area contributed by atoms with Crippen LogP contribution in [0, 0.1) is 0 Å². The van der Waals surface area contributed by atoms with Crippen LogP contribution in [0.3, 0.4) is 0 Å². The lowest BCUT2D eigenvalue weighted by Gasteiger charge is -2.45. The van der Waals surface area contributed by atoms with Gasteiger partial charge in [-0.25, -0.2) is 0 Å². The Labute approximate surface area is 205 Å². The molecule has 14 unspecified atom stereocenters. The summed E-state index contributed by atoms with van der Waals surface area (Å²) in [6.07, 6.45) is -22.1. The predicted octanol–water partition coefficient (Wildman–Crippen LogP) is -6.56. The lowest BCUT2D eigenvalue weighted by Crippen LogP contribution is -2.64. The molecule has 0 spiro atoms.